The van der Waals surface area contributed by atoms with Crippen molar-refractivity contribution in [1.29, 1.82) is 0 Å². The van der Waals surface area contributed by atoms with Crippen LogP contribution in [0.2, 0.25) is 0 Å². The topological polar surface area (TPSA) is 76.2 Å². The summed E-state index contributed by atoms with van der Waals surface area (Å²) in [4.78, 5) is 11.5. The molecular formula is C15H17N3O3S. The normalized spacial score (nSPS) is 15.5. The van der Waals surface area contributed by atoms with Gasteiger partial charge >= 0.3 is 0 Å². The summed E-state index contributed by atoms with van der Waals surface area (Å²) < 4.78 is 6.61. The molecule has 1 aromatic carbocycles. The number of benzene rings is 1. The Morgan fingerprint density at radius 3 is 2.91 bits per heavy atom. The number of amides is 1. The number of carbonyl (C=O) groups excluding carboxylic acids is 1. The molecule has 6 nitrogen and oxygen atoms in total. The highest BCUT2D eigenvalue weighted by Gasteiger charge is 2.27. The Bertz CT molecular complexity index is 750. The smallest absolute Gasteiger partial charge is 0.290 e. The molecule has 1 amide bonds. The molecule has 0 spiro atoms. The van der Waals surface area contributed by atoms with Crippen LogP contribution in [0.5, 0.6) is 5.88 Å². The number of hydrogen-bond donors (Lipinski definition) is 1. The van der Waals surface area contributed by atoms with Gasteiger partial charge in [0.25, 0.3) is 5.91 Å². The van der Waals surface area contributed by atoms with Crippen LogP contribution in [0.15, 0.2) is 28.4 Å². The van der Waals surface area contributed by atoms with Gasteiger partial charge in [0.15, 0.2) is 5.69 Å². The zero-order valence-corrected chi connectivity index (χ0v) is 13.3. The monoisotopic (exact) mass is 319 g/mol. The van der Waals surface area contributed by atoms with Gasteiger partial charge in [-0.1, -0.05) is 11.6 Å². The van der Waals surface area contributed by atoms with E-state index in [1.165, 1.54) is 7.11 Å². The van der Waals surface area contributed by atoms with E-state index in [2.05, 4.69) is 10.2 Å². The molecular weight excluding hydrogens is 302 g/mol. The van der Waals surface area contributed by atoms with Crippen molar-refractivity contribution in [2.45, 2.75) is 13.0 Å². The molecule has 0 atom stereocenters. The van der Waals surface area contributed by atoms with Gasteiger partial charge in [-0.25, -0.2) is 0 Å². The van der Waals surface area contributed by atoms with Crippen molar-refractivity contribution in [3.05, 3.63) is 23.8 Å². The molecule has 1 fully saturated rings. The number of methoxy groups -OCH3 is 1. The second-order valence-corrected chi connectivity index (χ2v) is 6.36. The van der Waals surface area contributed by atoms with Crippen LogP contribution in [0.4, 0.5) is 5.69 Å². The number of ether oxygens (including phenoxy) is 1. The van der Waals surface area contributed by atoms with E-state index < -0.39 is 5.91 Å². The lowest BCUT2D eigenvalue weighted by molar-refractivity contribution is -0.121. The largest absolute Gasteiger partial charge is 0.493 e. The molecule has 2 heterocycles. The zero-order valence-electron chi connectivity index (χ0n) is 12.4. The molecule has 7 heteroatoms. The highest BCUT2D eigenvalue weighted by atomic mass is 32.2. The molecule has 1 saturated heterocycles. The van der Waals surface area contributed by atoms with E-state index in [1.54, 1.807) is 0 Å². The summed E-state index contributed by atoms with van der Waals surface area (Å²) in [5.74, 6) is 1.52. The number of nitrogens with zero attached hydrogens (tertiary/aromatic N) is 3. The van der Waals surface area contributed by atoms with Crippen LogP contribution in [-0.4, -0.2) is 40.8 Å². The van der Waals surface area contributed by atoms with E-state index in [1.807, 2.05) is 41.5 Å². The first-order valence-corrected chi connectivity index (χ1v) is 8.12. The Morgan fingerprint density at radius 2 is 2.27 bits per heavy atom. The minimum absolute atomic E-state index is 0.0693. The van der Waals surface area contributed by atoms with Crippen molar-refractivity contribution in [3.63, 3.8) is 0 Å². The van der Waals surface area contributed by atoms with E-state index in [-0.39, 0.29) is 18.5 Å². The Labute approximate surface area is 132 Å². The number of carbonyl (C=O) groups is 1. The fourth-order valence-corrected chi connectivity index (χ4v) is 3.24. The predicted molar refractivity (Wildman–Crippen MR) is 86.1 cm³/mol. The van der Waals surface area contributed by atoms with Crippen LogP contribution in [0.1, 0.15) is 11.6 Å². The van der Waals surface area contributed by atoms with Gasteiger partial charge in [0, 0.05) is 24.0 Å². The van der Waals surface area contributed by atoms with E-state index in [0.717, 1.165) is 28.0 Å². The van der Waals surface area contributed by atoms with E-state index in [4.69, 9.17) is 4.74 Å². The lowest BCUT2D eigenvalue weighted by atomic mass is 10.1. The number of fused-ring (bicyclic) bond motifs is 1. The summed E-state index contributed by atoms with van der Waals surface area (Å²) in [7, 11) is 1.42. The standard InChI is InChI=1S/C15H17N3O3S/c1-9-3-4-12-11(5-9)14(17-16-13(19)6-21-2)15(20)18(12)10-7-22-8-10/h3-5,10,20H,6-8H2,1-2H3. The average molecular weight is 319 g/mol. The first kappa shape index (κ1) is 15.1. The number of aryl methyl sites for hydroxylation is 1. The van der Waals surface area contributed by atoms with Crippen molar-refractivity contribution < 1.29 is 14.6 Å². The van der Waals surface area contributed by atoms with Gasteiger partial charge in [-0.15, -0.1) is 10.2 Å². The van der Waals surface area contributed by atoms with Gasteiger partial charge in [-0.3, -0.25) is 4.79 Å². The second-order valence-electron chi connectivity index (χ2n) is 5.28. The van der Waals surface area contributed by atoms with Crippen LogP contribution in [0, 0.1) is 6.92 Å². The predicted octanol–water partition coefficient (Wildman–Crippen LogP) is 3.20. The van der Waals surface area contributed by atoms with Gasteiger partial charge in [-0.05, 0) is 19.1 Å². The number of azo groups is 1. The molecule has 0 saturated carbocycles. The van der Waals surface area contributed by atoms with Crippen LogP contribution >= 0.6 is 11.8 Å². The van der Waals surface area contributed by atoms with Crippen molar-refractivity contribution >= 4 is 34.3 Å². The molecule has 3 rings (SSSR count). The first-order chi connectivity index (χ1) is 10.6. The fraction of sp³-hybridized carbons (Fsp3) is 0.400. The lowest BCUT2D eigenvalue weighted by Gasteiger charge is -2.27. The van der Waals surface area contributed by atoms with Crippen LogP contribution in [-0.2, 0) is 9.53 Å². The second kappa shape index (κ2) is 6.10. The fourth-order valence-electron chi connectivity index (χ4n) is 2.50. The number of aromatic hydroxyl groups is 1. The van der Waals surface area contributed by atoms with Crippen molar-refractivity contribution in [1.82, 2.24) is 4.57 Å². The minimum Gasteiger partial charge on any atom is -0.493 e. The highest BCUT2D eigenvalue weighted by Crippen LogP contribution is 2.44. The molecule has 1 N–H and O–H groups in total. The summed E-state index contributed by atoms with van der Waals surface area (Å²) in [6.45, 7) is 1.85. The Morgan fingerprint density at radius 1 is 1.50 bits per heavy atom. The Kier molecular flexibility index (Phi) is 4.17. The molecule has 0 unspecified atom stereocenters. The van der Waals surface area contributed by atoms with Gasteiger partial charge in [-0.2, -0.15) is 11.8 Å². The molecule has 22 heavy (non-hydrogen) atoms. The number of thioether (sulfide) groups is 1. The summed E-state index contributed by atoms with van der Waals surface area (Å²) in [5.41, 5.74) is 2.33. The molecule has 1 aliphatic heterocycles. The average Bonchev–Trinajstić information content (AvgIpc) is 2.68. The van der Waals surface area contributed by atoms with E-state index in [0.29, 0.717) is 5.69 Å². The Balaban J connectivity index is 2.09. The van der Waals surface area contributed by atoms with Crippen LogP contribution in [0.3, 0.4) is 0 Å². The van der Waals surface area contributed by atoms with Crippen LogP contribution < -0.4 is 0 Å². The maximum atomic E-state index is 11.5. The summed E-state index contributed by atoms with van der Waals surface area (Å²) in [6, 6.07) is 6.19. The first-order valence-electron chi connectivity index (χ1n) is 6.96. The van der Waals surface area contributed by atoms with E-state index >= 15 is 0 Å². The van der Waals surface area contributed by atoms with Gasteiger partial charge in [0.05, 0.1) is 11.6 Å². The summed E-state index contributed by atoms with van der Waals surface area (Å²) in [6.07, 6.45) is 0. The summed E-state index contributed by atoms with van der Waals surface area (Å²) >= 11 is 1.84. The molecule has 2 aromatic rings. The molecule has 0 radical (unpaired) electrons. The molecule has 1 aliphatic rings. The number of rotatable bonds is 4. The lowest BCUT2D eigenvalue weighted by Crippen LogP contribution is -2.22. The molecule has 0 aliphatic carbocycles. The minimum atomic E-state index is -0.477. The van der Waals surface area contributed by atoms with Crippen molar-refractivity contribution in [2.75, 3.05) is 25.2 Å². The van der Waals surface area contributed by atoms with Crippen LogP contribution in [0.25, 0.3) is 10.9 Å². The highest BCUT2D eigenvalue weighted by molar-refractivity contribution is 8.00. The van der Waals surface area contributed by atoms with Gasteiger partial charge in [0.1, 0.15) is 6.61 Å². The number of aromatic nitrogens is 1. The molecule has 1 aromatic heterocycles. The Hall–Kier alpha value is -1.86. The molecule has 116 valence electrons. The number of hydrogen-bond acceptors (Lipinski definition) is 5. The third-order valence-electron chi connectivity index (χ3n) is 3.62. The van der Waals surface area contributed by atoms with E-state index in [9.17, 15) is 9.90 Å². The maximum Gasteiger partial charge on any atom is 0.290 e. The third-order valence-corrected chi connectivity index (χ3v) is 4.86. The molecule has 0 bridgehead atoms. The quantitative estimate of drug-likeness (QED) is 0.878. The van der Waals surface area contributed by atoms with Gasteiger partial charge < -0.3 is 14.4 Å². The summed E-state index contributed by atoms with van der Waals surface area (Å²) in [5, 5.41) is 18.9. The van der Waals surface area contributed by atoms with Crippen molar-refractivity contribution in [3.8, 4) is 5.88 Å². The zero-order chi connectivity index (χ0) is 15.7. The third kappa shape index (κ3) is 2.62. The maximum absolute atomic E-state index is 11.5. The van der Waals surface area contributed by atoms with Crippen molar-refractivity contribution in [2.24, 2.45) is 10.2 Å². The van der Waals surface area contributed by atoms with Gasteiger partial charge in [0.2, 0.25) is 5.88 Å². The SMILES string of the molecule is COCC(=O)N=Nc1c(O)n(C2CSC2)c2ccc(C)cc12.